The highest BCUT2D eigenvalue weighted by Gasteiger charge is 2.06. The predicted molar refractivity (Wildman–Crippen MR) is 70.3 cm³/mol. The number of carbonyl (C=O) groups excluding carboxylic acids is 1. The molecule has 1 aromatic carbocycles. The van der Waals surface area contributed by atoms with Crippen molar-refractivity contribution in [3.63, 3.8) is 0 Å². The lowest BCUT2D eigenvalue weighted by Crippen LogP contribution is -2.28. The summed E-state index contributed by atoms with van der Waals surface area (Å²) in [6, 6.07) is 9.76. The van der Waals surface area contributed by atoms with Crippen molar-refractivity contribution in [2.45, 2.75) is 6.42 Å². The number of fused-ring (bicyclic) bond motifs is 1. The average molecular weight is 244 g/mol. The Morgan fingerprint density at radius 3 is 3.00 bits per heavy atom. The third kappa shape index (κ3) is 3.05. The number of nitrogens with zero attached hydrogens (tertiary/aromatic N) is 1. The first-order valence-corrected chi connectivity index (χ1v) is 5.89. The molecule has 2 rings (SSSR count). The molecule has 0 aliphatic heterocycles. The van der Waals surface area contributed by atoms with E-state index in [-0.39, 0.29) is 5.91 Å². The van der Waals surface area contributed by atoms with Crippen molar-refractivity contribution in [2.24, 2.45) is 0 Å². The largest absolute Gasteiger partial charge is 0.383 e. The van der Waals surface area contributed by atoms with Crippen LogP contribution in [0.3, 0.4) is 0 Å². The van der Waals surface area contributed by atoms with Crippen molar-refractivity contribution in [3.05, 3.63) is 42.1 Å². The zero-order valence-corrected chi connectivity index (χ0v) is 10.3. The van der Waals surface area contributed by atoms with E-state index in [9.17, 15) is 4.79 Å². The predicted octanol–water partition coefficient (Wildman–Crippen LogP) is 1.54. The SMILES string of the molecule is COCCNC(=O)Cc1cccc2cccnc12. The normalized spacial score (nSPS) is 10.5. The van der Waals surface area contributed by atoms with E-state index in [1.807, 2.05) is 30.3 Å². The fraction of sp³-hybridized carbons (Fsp3) is 0.286. The highest BCUT2D eigenvalue weighted by atomic mass is 16.5. The molecule has 94 valence electrons. The summed E-state index contributed by atoms with van der Waals surface area (Å²) in [5.41, 5.74) is 1.84. The van der Waals surface area contributed by atoms with Gasteiger partial charge in [0.1, 0.15) is 0 Å². The Bertz CT molecular complexity index is 535. The van der Waals surface area contributed by atoms with Crippen molar-refractivity contribution in [3.8, 4) is 0 Å². The summed E-state index contributed by atoms with van der Waals surface area (Å²) < 4.78 is 4.89. The second kappa shape index (κ2) is 6.12. The Kier molecular flexibility index (Phi) is 4.25. The molecule has 0 aliphatic rings. The van der Waals surface area contributed by atoms with Crippen LogP contribution in [0.4, 0.5) is 0 Å². The second-order valence-corrected chi connectivity index (χ2v) is 4.01. The Labute approximate surface area is 106 Å². The molecule has 0 unspecified atom stereocenters. The average Bonchev–Trinajstić information content (AvgIpc) is 2.39. The highest BCUT2D eigenvalue weighted by molar-refractivity contribution is 5.87. The molecule has 4 heteroatoms. The molecule has 0 radical (unpaired) electrons. The number of nitrogens with one attached hydrogen (secondary N) is 1. The highest BCUT2D eigenvalue weighted by Crippen LogP contribution is 2.16. The van der Waals surface area contributed by atoms with Crippen LogP contribution in [0.2, 0.25) is 0 Å². The minimum absolute atomic E-state index is 0.00907. The number of hydrogen-bond donors (Lipinski definition) is 1. The van der Waals surface area contributed by atoms with Gasteiger partial charge in [0.05, 0.1) is 18.5 Å². The maximum atomic E-state index is 11.7. The lowest BCUT2D eigenvalue weighted by molar-refractivity contribution is -0.120. The van der Waals surface area contributed by atoms with Crippen LogP contribution in [-0.2, 0) is 16.0 Å². The van der Waals surface area contributed by atoms with Gasteiger partial charge in [-0.1, -0.05) is 24.3 Å². The van der Waals surface area contributed by atoms with Crippen LogP contribution in [0.5, 0.6) is 0 Å². The summed E-state index contributed by atoms with van der Waals surface area (Å²) in [6.07, 6.45) is 2.09. The Hall–Kier alpha value is -1.94. The number of pyridine rings is 1. The van der Waals surface area contributed by atoms with Crippen molar-refractivity contribution in [1.82, 2.24) is 10.3 Å². The van der Waals surface area contributed by atoms with E-state index in [0.717, 1.165) is 16.5 Å². The smallest absolute Gasteiger partial charge is 0.224 e. The molecule has 1 aromatic heterocycles. The fourth-order valence-electron chi connectivity index (χ4n) is 1.84. The van der Waals surface area contributed by atoms with Crippen LogP contribution < -0.4 is 5.32 Å². The van der Waals surface area contributed by atoms with Gasteiger partial charge in [-0.25, -0.2) is 0 Å². The lowest BCUT2D eigenvalue weighted by Gasteiger charge is -2.06. The summed E-state index contributed by atoms with van der Waals surface area (Å²) in [6.45, 7) is 1.06. The van der Waals surface area contributed by atoms with Gasteiger partial charge in [0.2, 0.25) is 5.91 Å². The first kappa shape index (κ1) is 12.5. The summed E-state index contributed by atoms with van der Waals surface area (Å²) in [7, 11) is 1.61. The molecule has 1 heterocycles. The number of benzene rings is 1. The zero-order chi connectivity index (χ0) is 12.8. The van der Waals surface area contributed by atoms with Crippen LogP contribution in [0.25, 0.3) is 10.9 Å². The molecule has 18 heavy (non-hydrogen) atoms. The molecule has 0 atom stereocenters. The number of methoxy groups -OCH3 is 1. The third-order valence-electron chi connectivity index (χ3n) is 2.70. The molecular weight excluding hydrogens is 228 g/mol. The van der Waals surface area contributed by atoms with E-state index < -0.39 is 0 Å². The van der Waals surface area contributed by atoms with Crippen LogP contribution in [-0.4, -0.2) is 31.2 Å². The number of ether oxygens (including phenoxy) is 1. The summed E-state index contributed by atoms with van der Waals surface area (Å²) >= 11 is 0. The summed E-state index contributed by atoms with van der Waals surface area (Å²) in [5, 5.41) is 3.86. The Morgan fingerprint density at radius 2 is 2.17 bits per heavy atom. The number of hydrogen-bond acceptors (Lipinski definition) is 3. The van der Waals surface area contributed by atoms with E-state index in [4.69, 9.17) is 4.74 Å². The molecule has 0 spiro atoms. The van der Waals surface area contributed by atoms with Gasteiger partial charge in [0.25, 0.3) is 0 Å². The Balaban J connectivity index is 2.09. The molecule has 4 nitrogen and oxygen atoms in total. The van der Waals surface area contributed by atoms with E-state index in [1.54, 1.807) is 13.3 Å². The molecule has 0 bridgehead atoms. The minimum Gasteiger partial charge on any atom is -0.383 e. The molecule has 0 fully saturated rings. The lowest BCUT2D eigenvalue weighted by atomic mass is 10.1. The quantitative estimate of drug-likeness (QED) is 0.812. The summed E-state index contributed by atoms with van der Waals surface area (Å²) in [5.74, 6) is -0.00907. The van der Waals surface area contributed by atoms with Gasteiger partial charge < -0.3 is 10.1 Å². The van der Waals surface area contributed by atoms with Crippen LogP contribution in [0.15, 0.2) is 36.5 Å². The van der Waals surface area contributed by atoms with Gasteiger partial charge >= 0.3 is 0 Å². The monoisotopic (exact) mass is 244 g/mol. The fourth-order valence-corrected chi connectivity index (χ4v) is 1.84. The van der Waals surface area contributed by atoms with Crippen molar-refractivity contribution >= 4 is 16.8 Å². The zero-order valence-electron chi connectivity index (χ0n) is 10.3. The van der Waals surface area contributed by atoms with Crippen LogP contribution in [0.1, 0.15) is 5.56 Å². The standard InChI is InChI=1S/C14H16N2O2/c1-18-9-8-15-13(17)10-12-5-2-4-11-6-3-7-16-14(11)12/h2-7H,8-10H2,1H3,(H,15,17). The van der Waals surface area contributed by atoms with Crippen molar-refractivity contribution in [2.75, 3.05) is 20.3 Å². The first-order valence-electron chi connectivity index (χ1n) is 5.89. The van der Waals surface area contributed by atoms with Gasteiger partial charge in [-0.15, -0.1) is 0 Å². The van der Waals surface area contributed by atoms with Gasteiger partial charge in [-0.3, -0.25) is 9.78 Å². The second-order valence-electron chi connectivity index (χ2n) is 4.01. The minimum atomic E-state index is -0.00907. The number of para-hydroxylation sites is 1. The number of amides is 1. The molecular formula is C14H16N2O2. The number of aromatic nitrogens is 1. The molecule has 0 aliphatic carbocycles. The maximum absolute atomic E-state index is 11.7. The van der Waals surface area contributed by atoms with E-state index >= 15 is 0 Å². The molecule has 2 aromatic rings. The van der Waals surface area contributed by atoms with E-state index in [2.05, 4.69) is 10.3 Å². The Morgan fingerprint density at radius 1 is 1.33 bits per heavy atom. The third-order valence-corrected chi connectivity index (χ3v) is 2.70. The van der Waals surface area contributed by atoms with Crippen molar-refractivity contribution in [1.29, 1.82) is 0 Å². The first-order chi connectivity index (χ1) is 8.81. The van der Waals surface area contributed by atoms with Gasteiger partial charge in [0.15, 0.2) is 0 Å². The van der Waals surface area contributed by atoms with E-state index in [0.29, 0.717) is 19.6 Å². The molecule has 1 amide bonds. The van der Waals surface area contributed by atoms with Gasteiger partial charge in [-0.05, 0) is 11.6 Å². The molecule has 0 saturated heterocycles. The molecule has 0 saturated carbocycles. The number of carbonyl (C=O) groups is 1. The van der Waals surface area contributed by atoms with Gasteiger partial charge in [-0.2, -0.15) is 0 Å². The maximum Gasteiger partial charge on any atom is 0.224 e. The van der Waals surface area contributed by atoms with Crippen LogP contribution >= 0.6 is 0 Å². The van der Waals surface area contributed by atoms with Gasteiger partial charge in [0, 0.05) is 25.2 Å². The van der Waals surface area contributed by atoms with Crippen molar-refractivity contribution < 1.29 is 9.53 Å². The van der Waals surface area contributed by atoms with E-state index in [1.165, 1.54) is 0 Å². The topological polar surface area (TPSA) is 51.2 Å². The number of rotatable bonds is 5. The van der Waals surface area contributed by atoms with Crippen LogP contribution in [0, 0.1) is 0 Å². The molecule has 1 N–H and O–H groups in total. The summed E-state index contributed by atoms with van der Waals surface area (Å²) in [4.78, 5) is 16.1.